The molecule has 0 bridgehead atoms. The van der Waals surface area contributed by atoms with Gasteiger partial charge in [0.05, 0.1) is 13.0 Å². The molecule has 0 aliphatic carbocycles. The number of benzene rings is 1. The minimum atomic E-state index is 0.0246. The van der Waals surface area contributed by atoms with E-state index >= 15 is 0 Å². The van der Waals surface area contributed by atoms with Crippen molar-refractivity contribution in [3.63, 3.8) is 0 Å². The van der Waals surface area contributed by atoms with Gasteiger partial charge in [0.2, 0.25) is 0 Å². The summed E-state index contributed by atoms with van der Waals surface area (Å²) in [5, 5.41) is 0. The van der Waals surface area contributed by atoms with Crippen molar-refractivity contribution < 1.29 is 9.47 Å². The highest BCUT2D eigenvalue weighted by Crippen LogP contribution is 2.26. The Labute approximate surface area is 102 Å². The van der Waals surface area contributed by atoms with Crippen LogP contribution < -0.4 is 9.47 Å². The van der Waals surface area contributed by atoms with Crippen LogP contribution in [0.15, 0.2) is 18.2 Å². The molecule has 0 saturated heterocycles. The van der Waals surface area contributed by atoms with Crippen molar-refractivity contribution >= 4 is 11.6 Å². The Morgan fingerprint density at radius 1 is 1.38 bits per heavy atom. The molecule has 1 rings (SSSR count). The van der Waals surface area contributed by atoms with Gasteiger partial charge in [-0.25, -0.2) is 0 Å². The molecule has 0 saturated carbocycles. The molecule has 0 fully saturated rings. The van der Waals surface area contributed by atoms with Gasteiger partial charge in [0.1, 0.15) is 17.7 Å². The Bertz CT molecular complexity index is 342. The Morgan fingerprint density at radius 3 is 2.56 bits per heavy atom. The van der Waals surface area contributed by atoms with Gasteiger partial charge in [-0.05, 0) is 39.2 Å². The summed E-state index contributed by atoms with van der Waals surface area (Å²) in [5.74, 6) is 2.01. The lowest BCUT2D eigenvalue weighted by molar-refractivity contribution is 0.0814. The van der Waals surface area contributed by atoms with E-state index in [1.165, 1.54) is 0 Å². The Kier molecular flexibility index (Phi) is 4.90. The van der Waals surface area contributed by atoms with Crippen LogP contribution in [0.1, 0.15) is 12.5 Å². The van der Waals surface area contributed by atoms with E-state index in [4.69, 9.17) is 21.1 Å². The SMILES string of the molecule is COc1ccc(OC(C)N(C)C)cc1CCl. The van der Waals surface area contributed by atoms with E-state index in [2.05, 4.69) is 0 Å². The third-order valence-corrected chi connectivity index (χ3v) is 2.72. The van der Waals surface area contributed by atoms with Crippen LogP contribution in [0.2, 0.25) is 0 Å². The van der Waals surface area contributed by atoms with Crippen molar-refractivity contribution in [2.75, 3.05) is 21.2 Å². The predicted octanol–water partition coefficient (Wildman–Crippen LogP) is 2.72. The molecule has 0 radical (unpaired) electrons. The molecule has 3 nitrogen and oxygen atoms in total. The van der Waals surface area contributed by atoms with Crippen LogP contribution in [0, 0.1) is 0 Å². The van der Waals surface area contributed by atoms with E-state index in [1.54, 1.807) is 7.11 Å². The molecule has 0 N–H and O–H groups in total. The smallest absolute Gasteiger partial charge is 0.149 e. The fourth-order valence-electron chi connectivity index (χ4n) is 1.24. The highest BCUT2D eigenvalue weighted by atomic mass is 35.5. The molecule has 0 aliphatic heterocycles. The zero-order chi connectivity index (χ0) is 12.1. The fourth-order valence-corrected chi connectivity index (χ4v) is 1.44. The fraction of sp³-hybridized carbons (Fsp3) is 0.500. The minimum Gasteiger partial charge on any atom is -0.496 e. The Morgan fingerprint density at radius 2 is 2.06 bits per heavy atom. The van der Waals surface area contributed by atoms with Crippen LogP contribution in [0.3, 0.4) is 0 Å². The molecule has 1 aromatic carbocycles. The van der Waals surface area contributed by atoms with Crippen molar-refractivity contribution in [2.24, 2.45) is 0 Å². The summed E-state index contributed by atoms with van der Waals surface area (Å²) in [6.07, 6.45) is 0.0246. The second kappa shape index (κ2) is 5.97. The van der Waals surface area contributed by atoms with Crippen molar-refractivity contribution in [2.45, 2.75) is 19.0 Å². The number of nitrogens with zero attached hydrogens (tertiary/aromatic N) is 1. The van der Waals surface area contributed by atoms with E-state index < -0.39 is 0 Å². The molecule has 1 aromatic rings. The van der Waals surface area contributed by atoms with Gasteiger partial charge in [0, 0.05) is 5.56 Å². The molecule has 16 heavy (non-hydrogen) atoms. The lowest BCUT2D eigenvalue weighted by Crippen LogP contribution is -2.30. The van der Waals surface area contributed by atoms with E-state index in [9.17, 15) is 0 Å². The average Bonchev–Trinajstić information content (AvgIpc) is 2.28. The molecular weight excluding hydrogens is 226 g/mol. The van der Waals surface area contributed by atoms with Crippen LogP contribution in [0.25, 0.3) is 0 Å². The number of ether oxygens (including phenoxy) is 2. The second-order valence-electron chi connectivity index (χ2n) is 3.79. The van der Waals surface area contributed by atoms with E-state index in [0.29, 0.717) is 5.88 Å². The van der Waals surface area contributed by atoms with E-state index in [0.717, 1.165) is 17.1 Å². The first kappa shape index (κ1) is 13.1. The number of hydrogen-bond donors (Lipinski definition) is 0. The summed E-state index contributed by atoms with van der Waals surface area (Å²) in [5.41, 5.74) is 0.938. The maximum Gasteiger partial charge on any atom is 0.149 e. The first-order valence-corrected chi connectivity index (χ1v) is 5.68. The van der Waals surface area contributed by atoms with Gasteiger partial charge in [-0.15, -0.1) is 11.6 Å². The van der Waals surface area contributed by atoms with Crippen LogP contribution >= 0.6 is 11.6 Å². The molecule has 0 amide bonds. The number of halogens is 1. The van der Waals surface area contributed by atoms with Crippen LogP contribution in [0.4, 0.5) is 0 Å². The molecule has 0 heterocycles. The maximum atomic E-state index is 5.84. The van der Waals surface area contributed by atoms with Crippen molar-refractivity contribution in [3.05, 3.63) is 23.8 Å². The van der Waals surface area contributed by atoms with Gasteiger partial charge in [0.15, 0.2) is 0 Å². The van der Waals surface area contributed by atoms with Crippen molar-refractivity contribution in [1.82, 2.24) is 4.90 Å². The normalized spacial score (nSPS) is 12.6. The van der Waals surface area contributed by atoms with Crippen LogP contribution in [0.5, 0.6) is 11.5 Å². The number of alkyl halides is 1. The van der Waals surface area contributed by atoms with E-state index in [1.807, 2.05) is 44.1 Å². The van der Waals surface area contributed by atoms with Gasteiger partial charge in [-0.2, -0.15) is 0 Å². The van der Waals surface area contributed by atoms with Gasteiger partial charge >= 0.3 is 0 Å². The van der Waals surface area contributed by atoms with E-state index in [-0.39, 0.29) is 6.23 Å². The summed E-state index contributed by atoms with van der Waals surface area (Å²) in [4.78, 5) is 1.99. The highest BCUT2D eigenvalue weighted by molar-refractivity contribution is 6.17. The molecule has 1 atom stereocenters. The summed E-state index contributed by atoms with van der Waals surface area (Å²) in [6.45, 7) is 1.99. The summed E-state index contributed by atoms with van der Waals surface area (Å²) < 4.78 is 10.9. The lowest BCUT2D eigenvalue weighted by Gasteiger charge is -2.21. The lowest BCUT2D eigenvalue weighted by atomic mass is 10.2. The molecule has 0 aromatic heterocycles. The Balaban J connectivity index is 2.82. The molecule has 1 unspecified atom stereocenters. The topological polar surface area (TPSA) is 21.7 Å². The summed E-state index contributed by atoms with van der Waals surface area (Å²) in [7, 11) is 5.57. The predicted molar refractivity (Wildman–Crippen MR) is 66.3 cm³/mol. The number of rotatable bonds is 5. The van der Waals surface area contributed by atoms with Crippen molar-refractivity contribution in [3.8, 4) is 11.5 Å². The third-order valence-electron chi connectivity index (χ3n) is 2.43. The molecule has 0 spiro atoms. The van der Waals surface area contributed by atoms with Crippen LogP contribution in [-0.2, 0) is 5.88 Å². The molecular formula is C12H18ClNO2. The van der Waals surface area contributed by atoms with Gasteiger partial charge < -0.3 is 9.47 Å². The van der Waals surface area contributed by atoms with Gasteiger partial charge in [-0.1, -0.05) is 0 Å². The monoisotopic (exact) mass is 243 g/mol. The molecule has 90 valence electrons. The molecule has 0 aliphatic rings. The first-order valence-electron chi connectivity index (χ1n) is 5.14. The number of methoxy groups -OCH3 is 1. The first-order chi connectivity index (χ1) is 7.58. The number of hydrogen-bond acceptors (Lipinski definition) is 3. The minimum absolute atomic E-state index is 0.0246. The standard InChI is InChI=1S/C12H18ClNO2/c1-9(14(2)3)16-11-5-6-12(15-4)10(7-11)8-13/h5-7,9H,8H2,1-4H3. The van der Waals surface area contributed by atoms with Gasteiger partial charge in [0.25, 0.3) is 0 Å². The molecule has 4 heteroatoms. The largest absolute Gasteiger partial charge is 0.496 e. The average molecular weight is 244 g/mol. The summed E-state index contributed by atoms with van der Waals surface area (Å²) in [6, 6.07) is 5.66. The zero-order valence-electron chi connectivity index (χ0n) is 10.2. The Hall–Kier alpha value is -0.930. The van der Waals surface area contributed by atoms with Gasteiger partial charge in [-0.3, -0.25) is 4.90 Å². The summed E-state index contributed by atoms with van der Waals surface area (Å²) >= 11 is 5.84. The maximum absolute atomic E-state index is 5.84. The third kappa shape index (κ3) is 3.29. The van der Waals surface area contributed by atoms with Crippen molar-refractivity contribution in [1.29, 1.82) is 0 Å². The second-order valence-corrected chi connectivity index (χ2v) is 4.06. The highest BCUT2D eigenvalue weighted by Gasteiger charge is 2.08. The zero-order valence-corrected chi connectivity index (χ0v) is 10.9. The quantitative estimate of drug-likeness (QED) is 0.586. The van der Waals surface area contributed by atoms with Crippen LogP contribution in [-0.4, -0.2) is 32.3 Å².